The van der Waals surface area contributed by atoms with E-state index < -0.39 is 29.7 Å². The molecular formula is C41H48N6O8. The van der Waals surface area contributed by atoms with E-state index in [0.29, 0.717) is 46.5 Å². The molecule has 2 aromatic carbocycles. The van der Waals surface area contributed by atoms with E-state index in [-0.39, 0.29) is 30.7 Å². The molecule has 55 heavy (non-hydrogen) atoms. The lowest BCUT2D eigenvalue weighted by molar-refractivity contribution is -0.136. The lowest BCUT2D eigenvalue weighted by atomic mass is 10.0. The fraction of sp³-hybridized carbons (Fsp3) is 0.439. The first kappa shape index (κ1) is 39.1. The number of imide groups is 2. The molecule has 4 aromatic rings. The van der Waals surface area contributed by atoms with Gasteiger partial charge in [-0.1, -0.05) is 44.6 Å². The van der Waals surface area contributed by atoms with Gasteiger partial charge in [-0.15, -0.1) is 0 Å². The summed E-state index contributed by atoms with van der Waals surface area (Å²) in [4.78, 5) is 76.0. The van der Waals surface area contributed by atoms with Crippen LogP contribution < -0.4 is 25.7 Å². The van der Waals surface area contributed by atoms with Crippen molar-refractivity contribution in [2.75, 3.05) is 20.8 Å². The Morgan fingerprint density at radius 2 is 1.55 bits per heavy atom. The molecule has 14 nitrogen and oxygen atoms in total. The van der Waals surface area contributed by atoms with Crippen molar-refractivity contribution >= 4 is 40.3 Å². The fourth-order valence-corrected chi connectivity index (χ4v) is 7.50. The minimum absolute atomic E-state index is 0.0952. The Hall–Kier alpha value is -5.63. The minimum Gasteiger partial charge on any atom is -0.496 e. The molecule has 0 bridgehead atoms. The van der Waals surface area contributed by atoms with Crippen LogP contribution in [0.3, 0.4) is 0 Å². The van der Waals surface area contributed by atoms with Crippen LogP contribution in [0.15, 0.2) is 47.5 Å². The number of ether oxygens (including phenoxy) is 2. The number of methoxy groups -OCH3 is 2. The number of hydrogen-bond donors (Lipinski definition) is 3. The largest absolute Gasteiger partial charge is 0.496 e. The number of aromatic nitrogens is 3. The van der Waals surface area contributed by atoms with Crippen molar-refractivity contribution in [2.24, 2.45) is 7.05 Å². The number of rotatable bonds is 19. The van der Waals surface area contributed by atoms with Crippen LogP contribution in [0.1, 0.15) is 102 Å². The second-order valence-corrected chi connectivity index (χ2v) is 14.3. The number of fused-ring (bicyclic) bond motifs is 2. The molecule has 0 spiro atoms. The maximum absolute atomic E-state index is 13.1. The maximum atomic E-state index is 13.1. The van der Waals surface area contributed by atoms with Gasteiger partial charge in [-0.25, -0.2) is 0 Å². The third kappa shape index (κ3) is 8.69. The number of aromatic amines is 1. The average molecular weight is 753 g/mol. The van der Waals surface area contributed by atoms with Crippen molar-refractivity contribution in [2.45, 2.75) is 89.6 Å². The van der Waals surface area contributed by atoms with Gasteiger partial charge < -0.3 is 19.4 Å². The van der Waals surface area contributed by atoms with E-state index in [2.05, 4.69) is 20.8 Å². The lowest BCUT2D eigenvalue weighted by Crippen LogP contribution is -2.54. The number of amides is 4. The van der Waals surface area contributed by atoms with Crippen molar-refractivity contribution in [1.29, 1.82) is 0 Å². The number of hydrogen-bond acceptors (Lipinski definition) is 10. The van der Waals surface area contributed by atoms with Gasteiger partial charge in [-0.2, -0.15) is 5.10 Å². The second kappa shape index (κ2) is 17.7. The molecule has 290 valence electrons. The van der Waals surface area contributed by atoms with Gasteiger partial charge in [0.15, 0.2) is 0 Å². The highest BCUT2D eigenvalue weighted by Crippen LogP contribution is 2.37. The van der Waals surface area contributed by atoms with Gasteiger partial charge in [-0.3, -0.25) is 44.1 Å². The summed E-state index contributed by atoms with van der Waals surface area (Å²) in [6.45, 7) is 0.636. The number of Topliss-reactive ketones (excluding diaryl/α,β-unsaturated/α-hetero) is 1. The Kier molecular flexibility index (Phi) is 12.6. The Bertz CT molecular complexity index is 2150. The Labute approximate surface area is 318 Å². The van der Waals surface area contributed by atoms with Crippen LogP contribution in [-0.2, 0) is 34.4 Å². The molecular weight excluding hydrogens is 704 g/mol. The monoisotopic (exact) mass is 752 g/mol. The fourth-order valence-electron chi connectivity index (χ4n) is 7.50. The molecule has 1 saturated heterocycles. The zero-order valence-electron chi connectivity index (χ0n) is 31.6. The highest BCUT2D eigenvalue weighted by molar-refractivity contribution is 6.23. The van der Waals surface area contributed by atoms with Crippen molar-refractivity contribution < 1.29 is 33.4 Å². The molecule has 0 aliphatic carbocycles. The predicted molar refractivity (Wildman–Crippen MR) is 205 cm³/mol. The number of piperidine rings is 1. The van der Waals surface area contributed by atoms with Gasteiger partial charge in [0.05, 0.1) is 38.1 Å². The van der Waals surface area contributed by atoms with E-state index in [1.165, 1.54) is 4.57 Å². The Morgan fingerprint density at radius 3 is 2.24 bits per heavy atom. The summed E-state index contributed by atoms with van der Waals surface area (Å²) in [6, 6.07) is 8.14. The van der Waals surface area contributed by atoms with Crippen LogP contribution in [0.2, 0.25) is 0 Å². The van der Waals surface area contributed by atoms with Crippen molar-refractivity contribution in [3.05, 3.63) is 75.3 Å². The average Bonchev–Trinajstić information content (AvgIpc) is 3.76. The topological polar surface area (TPSA) is 182 Å². The van der Waals surface area contributed by atoms with E-state index >= 15 is 0 Å². The van der Waals surface area contributed by atoms with E-state index in [0.717, 1.165) is 84.9 Å². The van der Waals surface area contributed by atoms with Crippen LogP contribution in [0, 0.1) is 0 Å². The van der Waals surface area contributed by atoms with Crippen LogP contribution in [-0.4, -0.2) is 75.9 Å². The van der Waals surface area contributed by atoms with Gasteiger partial charge in [0.25, 0.3) is 17.4 Å². The summed E-state index contributed by atoms with van der Waals surface area (Å²) in [7, 11) is 4.88. The molecule has 0 saturated carbocycles. The smallest absolute Gasteiger partial charge is 0.276 e. The Balaban J connectivity index is 0.859. The second-order valence-electron chi connectivity index (χ2n) is 14.3. The molecule has 2 aromatic heterocycles. The summed E-state index contributed by atoms with van der Waals surface area (Å²) in [6.07, 6.45) is 13.2. The number of carbonyl (C=O) groups is 5. The summed E-state index contributed by atoms with van der Waals surface area (Å²) in [5, 5.41) is 13.0. The highest BCUT2D eigenvalue weighted by Gasteiger charge is 2.44. The number of nitrogens with zero attached hydrogens (tertiary/aromatic N) is 3. The first-order valence-corrected chi connectivity index (χ1v) is 19.0. The maximum Gasteiger partial charge on any atom is 0.276 e. The number of aryl methyl sites for hydroxylation is 2. The van der Waals surface area contributed by atoms with Crippen molar-refractivity contribution in [1.82, 2.24) is 30.3 Å². The van der Waals surface area contributed by atoms with Crippen molar-refractivity contribution in [3.8, 4) is 22.6 Å². The first-order valence-electron chi connectivity index (χ1n) is 19.0. The van der Waals surface area contributed by atoms with Gasteiger partial charge in [0, 0.05) is 49.1 Å². The number of carbonyl (C=O) groups excluding carboxylic acids is 5. The number of H-pyrrole nitrogens is 1. The lowest BCUT2D eigenvalue weighted by Gasteiger charge is -2.27. The molecule has 3 N–H and O–H groups in total. The summed E-state index contributed by atoms with van der Waals surface area (Å²) < 4.78 is 12.9. The van der Waals surface area contributed by atoms with E-state index in [1.807, 2.05) is 18.2 Å². The van der Waals surface area contributed by atoms with Crippen LogP contribution in [0.4, 0.5) is 0 Å². The Morgan fingerprint density at radius 1 is 0.873 bits per heavy atom. The normalized spacial score (nSPS) is 15.5. The number of pyridine rings is 1. The molecule has 14 heteroatoms. The zero-order chi connectivity index (χ0) is 39.1. The third-order valence-corrected chi connectivity index (χ3v) is 10.5. The van der Waals surface area contributed by atoms with E-state index in [1.54, 1.807) is 45.8 Å². The van der Waals surface area contributed by atoms with E-state index in [9.17, 15) is 28.8 Å². The summed E-state index contributed by atoms with van der Waals surface area (Å²) in [5.74, 6) is -0.590. The van der Waals surface area contributed by atoms with Crippen molar-refractivity contribution in [3.63, 3.8) is 0 Å². The summed E-state index contributed by atoms with van der Waals surface area (Å²) >= 11 is 0. The molecule has 4 amide bonds. The van der Waals surface area contributed by atoms with E-state index in [4.69, 9.17) is 9.47 Å². The first-order chi connectivity index (χ1) is 26.6. The molecule has 1 unspecified atom stereocenters. The molecule has 2 aliphatic heterocycles. The third-order valence-electron chi connectivity index (χ3n) is 10.5. The zero-order valence-corrected chi connectivity index (χ0v) is 31.6. The number of nitrogens with one attached hydrogen (secondary N) is 3. The quantitative estimate of drug-likeness (QED) is 0.0893. The molecule has 2 aliphatic rings. The molecule has 0 radical (unpaired) electrons. The predicted octanol–water partition coefficient (Wildman–Crippen LogP) is 4.76. The number of unbranched alkanes of at least 4 members (excludes halogenated alkanes) is 7. The number of ketones is 1. The van der Waals surface area contributed by atoms with Gasteiger partial charge in [0.1, 0.15) is 28.8 Å². The van der Waals surface area contributed by atoms with Gasteiger partial charge >= 0.3 is 0 Å². The van der Waals surface area contributed by atoms with Crippen LogP contribution in [0.25, 0.3) is 22.0 Å². The van der Waals surface area contributed by atoms with Gasteiger partial charge in [0.2, 0.25) is 11.8 Å². The summed E-state index contributed by atoms with van der Waals surface area (Å²) in [5.41, 5.74) is 4.29. The highest BCUT2D eigenvalue weighted by atomic mass is 16.5. The number of benzene rings is 2. The minimum atomic E-state index is -0.959. The van der Waals surface area contributed by atoms with Crippen LogP contribution in [0.5, 0.6) is 11.5 Å². The molecule has 6 rings (SSSR count). The molecule has 1 fully saturated rings. The van der Waals surface area contributed by atoms with Crippen LogP contribution >= 0.6 is 0 Å². The molecule has 4 heterocycles. The standard InChI is InChI=1S/C41H48N6O8/c1-46-24-32(30-23-43-45-37(30)41(46)53)26-19-34(54-2)31(35(20-26)55-3)22-42-21-27(48)13-11-9-7-5-4-6-8-10-12-25-14-15-28-29(18-25)40(52)47(39(28)51)33-16-17-36(49)44-38(33)50/h14-15,18-20,23-24,33,42H,4-13,16-17,21-22H2,1-3H3,(H,43,45)(H,44,49,50). The van der Waals surface area contributed by atoms with Gasteiger partial charge in [-0.05, 0) is 61.1 Å². The molecule has 1 atom stereocenters. The SMILES string of the molecule is COc1cc(-c2cn(C)c(=O)c3[nH]ncc23)cc(OC)c1CNCC(=O)CCCCCCCCCCc1ccc2c(c1)C(=O)N(C1CCC(=O)NC1=O)C2=O.